The predicted octanol–water partition coefficient (Wildman–Crippen LogP) is 1.81. The maximum Gasteiger partial charge on any atom is 0.321 e. The van der Waals surface area contributed by atoms with Gasteiger partial charge in [0.25, 0.3) is 0 Å². The number of halogens is 2. The summed E-state index contributed by atoms with van der Waals surface area (Å²) < 4.78 is 12.9. The third kappa shape index (κ3) is 3.57. The number of carbonyl (C=O) groups is 1. The highest BCUT2D eigenvalue weighted by atomic mass is 35.5. The van der Waals surface area contributed by atoms with E-state index < -0.39 is 0 Å². The second-order valence-corrected chi connectivity index (χ2v) is 3.94. The first kappa shape index (κ1) is 13.7. The molecule has 1 saturated heterocycles. The van der Waals surface area contributed by atoms with E-state index in [1.54, 1.807) is 17.0 Å². The van der Waals surface area contributed by atoms with Crippen molar-refractivity contribution in [3.63, 3.8) is 0 Å². The van der Waals surface area contributed by atoms with E-state index >= 15 is 0 Å². The number of rotatable bonds is 1. The van der Waals surface area contributed by atoms with Crippen molar-refractivity contribution >= 4 is 24.1 Å². The van der Waals surface area contributed by atoms with Crippen molar-refractivity contribution in [1.82, 2.24) is 4.90 Å². The number of nitrogens with zero attached hydrogens (tertiary/aromatic N) is 1. The van der Waals surface area contributed by atoms with Gasteiger partial charge in [0.05, 0.1) is 0 Å². The third-order valence-electron chi connectivity index (χ3n) is 2.59. The zero-order valence-corrected chi connectivity index (χ0v) is 10.0. The fourth-order valence-electron chi connectivity index (χ4n) is 1.74. The number of hydrogen-bond acceptors (Lipinski definition) is 2. The summed E-state index contributed by atoms with van der Waals surface area (Å²) in [6.45, 7) is 1.21. The van der Waals surface area contributed by atoms with Crippen molar-refractivity contribution in [2.75, 3.05) is 18.4 Å². The van der Waals surface area contributed by atoms with Gasteiger partial charge in [-0.2, -0.15) is 0 Å². The summed E-state index contributed by atoms with van der Waals surface area (Å²) >= 11 is 0. The molecule has 1 atom stereocenters. The molecule has 3 N–H and O–H groups in total. The summed E-state index contributed by atoms with van der Waals surface area (Å²) in [4.78, 5) is 13.3. The average Bonchev–Trinajstić information content (AvgIpc) is 2.65. The quantitative estimate of drug-likeness (QED) is 0.808. The van der Waals surface area contributed by atoms with E-state index in [0.717, 1.165) is 6.42 Å². The zero-order valence-electron chi connectivity index (χ0n) is 9.23. The van der Waals surface area contributed by atoms with Gasteiger partial charge in [-0.25, -0.2) is 9.18 Å². The molecule has 0 spiro atoms. The molecule has 2 amide bonds. The molecular formula is C11H15ClFN3O. The molecule has 17 heavy (non-hydrogen) atoms. The van der Waals surface area contributed by atoms with Crippen LogP contribution in [0.1, 0.15) is 6.42 Å². The third-order valence-corrected chi connectivity index (χ3v) is 2.59. The van der Waals surface area contributed by atoms with Gasteiger partial charge < -0.3 is 16.0 Å². The summed E-state index contributed by atoms with van der Waals surface area (Å²) in [5.41, 5.74) is 6.16. The molecule has 1 aromatic carbocycles. The van der Waals surface area contributed by atoms with Gasteiger partial charge in [-0.1, -0.05) is 6.07 Å². The van der Waals surface area contributed by atoms with Crippen LogP contribution in [0.15, 0.2) is 24.3 Å². The number of likely N-dealkylation sites (tertiary alicyclic amines) is 1. The highest BCUT2D eigenvalue weighted by molar-refractivity contribution is 5.89. The van der Waals surface area contributed by atoms with E-state index in [9.17, 15) is 9.18 Å². The maximum absolute atomic E-state index is 12.9. The number of urea groups is 1. The number of nitrogens with two attached hydrogens (primary N) is 1. The lowest BCUT2D eigenvalue weighted by molar-refractivity contribution is 0.222. The Bertz CT molecular complexity index is 402. The monoisotopic (exact) mass is 259 g/mol. The SMILES string of the molecule is Cl.N[C@H]1CCN(C(=O)Nc2cccc(F)c2)C1. The van der Waals surface area contributed by atoms with Gasteiger partial charge in [0.2, 0.25) is 0 Å². The number of amides is 2. The lowest BCUT2D eigenvalue weighted by Gasteiger charge is -2.16. The molecule has 0 bridgehead atoms. The van der Waals surface area contributed by atoms with Crippen molar-refractivity contribution < 1.29 is 9.18 Å². The lowest BCUT2D eigenvalue weighted by Crippen LogP contribution is -2.35. The first-order valence-corrected chi connectivity index (χ1v) is 5.22. The van der Waals surface area contributed by atoms with Gasteiger partial charge in [-0.3, -0.25) is 0 Å². The van der Waals surface area contributed by atoms with E-state index in [1.807, 2.05) is 0 Å². The smallest absolute Gasteiger partial charge is 0.321 e. The Hall–Kier alpha value is -1.33. The Morgan fingerprint density at radius 2 is 2.29 bits per heavy atom. The largest absolute Gasteiger partial charge is 0.326 e. The Morgan fingerprint density at radius 3 is 2.88 bits per heavy atom. The topological polar surface area (TPSA) is 58.4 Å². The number of anilines is 1. The molecule has 4 nitrogen and oxygen atoms in total. The van der Waals surface area contributed by atoms with Gasteiger partial charge >= 0.3 is 6.03 Å². The maximum atomic E-state index is 12.9. The second kappa shape index (κ2) is 5.84. The predicted molar refractivity (Wildman–Crippen MR) is 66.8 cm³/mol. The molecule has 0 aliphatic carbocycles. The van der Waals surface area contributed by atoms with Crippen molar-refractivity contribution in [2.45, 2.75) is 12.5 Å². The first-order chi connectivity index (χ1) is 7.65. The molecular weight excluding hydrogens is 245 g/mol. The molecule has 94 valence electrons. The van der Waals surface area contributed by atoms with Crippen LogP contribution in [0.3, 0.4) is 0 Å². The highest BCUT2D eigenvalue weighted by Crippen LogP contribution is 2.12. The molecule has 0 aromatic heterocycles. The van der Waals surface area contributed by atoms with E-state index in [4.69, 9.17) is 5.73 Å². The van der Waals surface area contributed by atoms with Crippen molar-refractivity contribution in [3.8, 4) is 0 Å². The summed E-state index contributed by atoms with van der Waals surface area (Å²) in [5, 5.41) is 2.64. The van der Waals surface area contributed by atoms with Gasteiger partial charge in [-0.05, 0) is 24.6 Å². The highest BCUT2D eigenvalue weighted by Gasteiger charge is 2.23. The van der Waals surface area contributed by atoms with Crippen LogP contribution >= 0.6 is 12.4 Å². The zero-order chi connectivity index (χ0) is 11.5. The van der Waals surface area contributed by atoms with Gasteiger partial charge in [0.15, 0.2) is 0 Å². The van der Waals surface area contributed by atoms with Gasteiger partial charge in [-0.15, -0.1) is 12.4 Å². The summed E-state index contributed by atoms with van der Waals surface area (Å²) in [6.07, 6.45) is 0.816. The van der Waals surface area contributed by atoms with Crippen molar-refractivity contribution in [2.24, 2.45) is 5.73 Å². The molecule has 1 aliphatic heterocycles. The Labute approximate surface area is 105 Å². The molecule has 1 aromatic rings. The molecule has 0 unspecified atom stereocenters. The normalized spacial score (nSPS) is 18.7. The van der Waals surface area contributed by atoms with Crippen LogP contribution in [0.25, 0.3) is 0 Å². The van der Waals surface area contributed by atoms with Crippen LogP contribution in [0.5, 0.6) is 0 Å². The second-order valence-electron chi connectivity index (χ2n) is 3.94. The van der Waals surface area contributed by atoms with E-state index in [2.05, 4.69) is 5.32 Å². The fraction of sp³-hybridized carbons (Fsp3) is 0.364. The fourth-order valence-corrected chi connectivity index (χ4v) is 1.74. The number of hydrogen-bond donors (Lipinski definition) is 2. The number of carbonyl (C=O) groups excluding carboxylic acids is 1. The first-order valence-electron chi connectivity index (χ1n) is 5.22. The minimum absolute atomic E-state index is 0. The summed E-state index contributed by atoms with van der Waals surface area (Å²) in [6, 6.07) is 5.66. The van der Waals surface area contributed by atoms with Crippen LogP contribution in [0, 0.1) is 5.82 Å². The number of nitrogens with one attached hydrogen (secondary N) is 1. The van der Waals surface area contributed by atoms with Gasteiger partial charge in [0.1, 0.15) is 5.82 Å². The molecule has 2 rings (SSSR count). The van der Waals surface area contributed by atoms with Crippen molar-refractivity contribution in [1.29, 1.82) is 0 Å². The van der Waals surface area contributed by atoms with E-state index in [0.29, 0.717) is 18.8 Å². The van der Waals surface area contributed by atoms with Crippen LogP contribution in [-0.2, 0) is 0 Å². The molecule has 0 radical (unpaired) electrons. The molecule has 0 saturated carbocycles. The van der Waals surface area contributed by atoms with Crippen LogP contribution in [0.2, 0.25) is 0 Å². The molecule has 1 aliphatic rings. The minimum atomic E-state index is -0.365. The van der Waals surface area contributed by atoms with Crippen LogP contribution in [-0.4, -0.2) is 30.1 Å². The standard InChI is InChI=1S/C11H14FN3O.ClH/c12-8-2-1-3-10(6-8)14-11(16)15-5-4-9(13)7-15;/h1-3,6,9H,4-5,7,13H2,(H,14,16);1H/t9-;/m0./s1. The van der Waals surface area contributed by atoms with E-state index in [1.165, 1.54) is 12.1 Å². The lowest BCUT2D eigenvalue weighted by atomic mass is 10.3. The van der Waals surface area contributed by atoms with Crippen LogP contribution < -0.4 is 11.1 Å². The molecule has 1 heterocycles. The number of benzene rings is 1. The van der Waals surface area contributed by atoms with Crippen LogP contribution in [0.4, 0.5) is 14.9 Å². The van der Waals surface area contributed by atoms with E-state index in [-0.39, 0.29) is 30.3 Å². The summed E-state index contributed by atoms with van der Waals surface area (Å²) in [5.74, 6) is -0.365. The Kier molecular flexibility index (Phi) is 4.72. The average molecular weight is 260 g/mol. The van der Waals surface area contributed by atoms with Crippen molar-refractivity contribution in [3.05, 3.63) is 30.1 Å². The molecule has 1 fully saturated rings. The molecule has 6 heteroatoms. The Morgan fingerprint density at radius 1 is 1.53 bits per heavy atom. The summed E-state index contributed by atoms with van der Waals surface area (Å²) in [7, 11) is 0. The Balaban J connectivity index is 0.00000144. The van der Waals surface area contributed by atoms with Gasteiger partial charge in [0, 0.05) is 24.8 Å². The minimum Gasteiger partial charge on any atom is -0.326 e.